The highest BCUT2D eigenvalue weighted by Crippen LogP contribution is 2.05. The van der Waals surface area contributed by atoms with Crippen LogP contribution in [0.5, 0.6) is 0 Å². The van der Waals surface area contributed by atoms with Crippen molar-refractivity contribution in [1.82, 2.24) is 4.98 Å². The van der Waals surface area contributed by atoms with Gasteiger partial charge in [-0.2, -0.15) is 0 Å². The number of pyridine rings is 1. The first-order valence-electron chi connectivity index (χ1n) is 3.08. The first-order valence-corrected chi connectivity index (χ1v) is 3.46. The summed E-state index contributed by atoms with van der Waals surface area (Å²) in [6, 6.07) is 5.55. The zero-order valence-corrected chi connectivity index (χ0v) is 6.47. The molecule has 0 fully saturated rings. The van der Waals surface area contributed by atoms with Crippen LogP contribution in [0.2, 0.25) is 5.15 Å². The lowest BCUT2D eigenvalue weighted by molar-refractivity contribution is 1.29. The summed E-state index contributed by atoms with van der Waals surface area (Å²) < 4.78 is 0. The van der Waals surface area contributed by atoms with E-state index < -0.39 is 0 Å². The molecule has 0 saturated carbocycles. The molecule has 0 radical (unpaired) electrons. The molecule has 2 heteroatoms. The molecule has 0 atom stereocenters. The maximum absolute atomic E-state index is 5.64. The van der Waals surface area contributed by atoms with Gasteiger partial charge in [-0.25, -0.2) is 4.98 Å². The molecule has 1 heterocycles. The Balaban J connectivity index is 2.95. The van der Waals surface area contributed by atoms with Gasteiger partial charge in [0.1, 0.15) is 5.15 Å². The monoisotopic (exact) mass is 153 g/mol. The molecule has 52 valence electrons. The molecule has 0 bridgehead atoms. The Bertz CT molecular complexity index is 243. The van der Waals surface area contributed by atoms with Crippen LogP contribution >= 0.6 is 11.6 Å². The molecular weight excluding hydrogens is 146 g/mol. The average Bonchev–Trinajstić information content (AvgIpc) is 1.88. The van der Waals surface area contributed by atoms with E-state index in [2.05, 4.69) is 4.98 Å². The van der Waals surface area contributed by atoms with Crippen LogP contribution in [-0.4, -0.2) is 4.98 Å². The van der Waals surface area contributed by atoms with Crippen molar-refractivity contribution in [3.63, 3.8) is 0 Å². The Morgan fingerprint density at radius 3 is 2.90 bits per heavy atom. The van der Waals surface area contributed by atoms with Gasteiger partial charge in [-0.3, -0.25) is 0 Å². The third-order valence-electron chi connectivity index (χ3n) is 1.07. The lowest BCUT2D eigenvalue weighted by Crippen LogP contribution is -1.78. The van der Waals surface area contributed by atoms with Gasteiger partial charge in [-0.1, -0.05) is 23.7 Å². The summed E-state index contributed by atoms with van der Waals surface area (Å²) in [6.45, 7) is 1.95. The van der Waals surface area contributed by atoms with Gasteiger partial charge in [0.25, 0.3) is 0 Å². The van der Waals surface area contributed by atoms with Crippen molar-refractivity contribution in [2.24, 2.45) is 0 Å². The zero-order chi connectivity index (χ0) is 7.40. The number of hydrogen-bond donors (Lipinski definition) is 0. The first-order chi connectivity index (χ1) is 4.83. The van der Waals surface area contributed by atoms with Gasteiger partial charge in [-0.15, -0.1) is 0 Å². The third kappa shape index (κ3) is 1.85. The van der Waals surface area contributed by atoms with Gasteiger partial charge in [0.2, 0.25) is 0 Å². The van der Waals surface area contributed by atoms with Crippen LogP contribution in [0.1, 0.15) is 12.6 Å². The van der Waals surface area contributed by atoms with Crippen LogP contribution in [-0.2, 0) is 0 Å². The van der Waals surface area contributed by atoms with Crippen LogP contribution in [0.3, 0.4) is 0 Å². The molecule has 1 aromatic heterocycles. The smallest absolute Gasteiger partial charge is 0.129 e. The van der Waals surface area contributed by atoms with Crippen LogP contribution < -0.4 is 0 Å². The fourth-order valence-electron chi connectivity index (χ4n) is 0.688. The molecule has 0 amide bonds. The predicted octanol–water partition coefficient (Wildman–Crippen LogP) is 2.77. The lowest BCUT2D eigenvalue weighted by atomic mass is 10.3. The van der Waals surface area contributed by atoms with Gasteiger partial charge < -0.3 is 0 Å². The minimum absolute atomic E-state index is 0.538. The van der Waals surface area contributed by atoms with Crippen molar-refractivity contribution in [3.05, 3.63) is 35.1 Å². The van der Waals surface area contributed by atoms with Gasteiger partial charge in [0.15, 0.2) is 0 Å². The van der Waals surface area contributed by atoms with Crippen molar-refractivity contribution >= 4 is 17.7 Å². The van der Waals surface area contributed by atoms with Crippen molar-refractivity contribution in [1.29, 1.82) is 0 Å². The minimum atomic E-state index is 0.538. The predicted molar refractivity (Wildman–Crippen MR) is 44.0 cm³/mol. The van der Waals surface area contributed by atoms with E-state index in [-0.39, 0.29) is 0 Å². The zero-order valence-electron chi connectivity index (χ0n) is 5.71. The molecule has 0 saturated heterocycles. The molecule has 1 nitrogen and oxygen atoms in total. The summed E-state index contributed by atoms with van der Waals surface area (Å²) in [4.78, 5) is 4.04. The lowest BCUT2D eigenvalue weighted by Gasteiger charge is -1.90. The maximum atomic E-state index is 5.64. The summed E-state index contributed by atoms with van der Waals surface area (Å²) in [6.07, 6.45) is 3.84. The van der Waals surface area contributed by atoms with Gasteiger partial charge in [0, 0.05) is 0 Å². The molecule has 0 aromatic carbocycles. The highest BCUT2D eigenvalue weighted by Gasteiger charge is 1.87. The Kier molecular flexibility index (Phi) is 2.46. The highest BCUT2D eigenvalue weighted by molar-refractivity contribution is 6.29. The van der Waals surface area contributed by atoms with Gasteiger partial charge in [-0.05, 0) is 25.1 Å². The fraction of sp³-hybridized carbons (Fsp3) is 0.125. The van der Waals surface area contributed by atoms with E-state index in [0.29, 0.717) is 5.15 Å². The Morgan fingerprint density at radius 1 is 1.50 bits per heavy atom. The molecule has 0 unspecified atom stereocenters. The van der Waals surface area contributed by atoms with Crippen molar-refractivity contribution in [2.45, 2.75) is 6.92 Å². The summed E-state index contributed by atoms with van der Waals surface area (Å²) in [5.74, 6) is 0. The number of allylic oxidation sites excluding steroid dienone is 1. The second-order valence-corrected chi connectivity index (χ2v) is 2.27. The van der Waals surface area contributed by atoms with Crippen molar-refractivity contribution < 1.29 is 0 Å². The Hall–Kier alpha value is -0.820. The maximum Gasteiger partial charge on any atom is 0.129 e. The Morgan fingerprint density at radius 2 is 2.30 bits per heavy atom. The van der Waals surface area contributed by atoms with E-state index in [1.54, 1.807) is 6.07 Å². The number of aromatic nitrogens is 1. The number of rotatable bonds is 1. The van der Waals surface area contributed by atoms with E-state index in [0.717, 1.165) is 5.69 Å². The fourth-order valence-corrected chi connectivity index (χ4v) is 0.858. The number of nitrogens with zero attached hydrogens (tertiary/aromatic N) is 1. The normalized spacial score (nSPS) is 10.6. The van der Waals surface area contributed by atoms with Crippen molar-refractivity contribution in [2.75, 3.05) is 0 Å². The van der Waals surface area contributed by atoms with Gasteiger partial charge in [0.05, 0.1) is 5.69 Å². The standard InChI is InChI=1S/C8H8ClN/c1-2-4-7-5-3-6-8(9)10-7/h2-6H,1H3/b4-2+. The molecule has 0 spiro atoms. The Labute approximate surface area is 65.4 Å². The van der Waals surface area contributed by atoms with Crippen LogP contribution in [0.15, 0.2) is 24.3 Å². The van der Waals surface area contributed by atoms with Crippen molar-refractivity contribution in [3.8, 4) is 0 Å². The molecule has 0 aliphatic carbocycles. The van der Waals surface area contributed by atoms with Gasteiger partial charge >= 0.3 is 0 Å². The quantitative estimate of drug-likeness (QED) is 0.566. The molecule has 0 aliphatic rings. The summed E-state index contributed by atoms with van der Waals surface area (Å²) in [5, 5.41) is 0.538. The highest BCUT2D eigenvalue weighted by atomic mass is 35.5. The van der Waals surface area contributed by atoms with Crippen LogP contribution in [0.25, 0.3) is 6.08 Å². The molecule has 10 heavy (non-hydrogen) atoms. The van der Waals surface area contributed by atoms with Crippen LogP contribution in [0, 0.1) is 0 Å². The first kappa shape index (κ1) is 7.29. The molecule has 0 aliphatic heterocycles. The molecule has 1 aromatic rings. The van der Waals surface area contributed by atoms with E-state index in [1.165, 1.54) is 0 Å². The topological polar surface area (TPSA) is 12.9 Å². The average molecular weight is 154 g/mol. The molecular formula is C8H8ClN. The number of halogens is 1. The third-order valence-corrected chi connectivity index (χ3v) is 1.28. The van der Waals surface area contributed by atoms with E-state index in [4.69, 9.17) is 11.6 Å². The molecule has 0 N–H and O–H groups in total. The minimum Gasteiger partial charge on any atom is -0.237 e. The second-order valence-electron chi connectivity index (χ2n) is 1.89. The second kappa shape index (κ2) is 3.37. The van der Waals surface area contributed by atoms with E-state index in [9.17, 15) is 0 Å². The van der Waals surface area contributed by atoms with E-state index >= 15 is 0 Å². The largest absolute Gasteiger partial charge is 0.237 e. The molecule has 1 rings (SSSR count). The SMILES string of the molecule is C/C=C/c1cccc(Cl)n1. The number of hydrogen-bond acceptors (Lipinski definition) is 1. The summed E-state index contributed by atoms with van der Waals surface area (Å²) >= 11 is 5.64. The van der Waals surface area contributed by atoms with Crippen LogP contribution in [0.4, 0.5) is 0 Å². The summed E-state index contributed by atoms with van der Waals surface area (Å²) in [7, 11) is 0. The van der Waals surface area contributed by atoms with E-state index in [1.807, 2.05) is 31.2 Å². The summed E-state index contributed by atoms with van der Waals surface area (Å²) in [5.41, 5.74) is 0.898.